The number of nitrogens with one attached hydrogen (secondary N) is 1. The van der Waals surface area contributed by atoms with Gasteiger partial charge in [0.2, 0.25) is 0 Å². The van der Waals surface area contributed by atoms with Crippen LogP contribution in [0.1, 0.15) is 37.3 Å². The van der Waals surface area contributed by atoms with Crippen molar-refractivity contribution in [3.63, 3.8) is 0 Å². The van der Waals surface area contributed by atoms with E-state index in [0.717, 1.165) is 34.9 Å². The Kier molecular flexibility index (Phi) is 4.56. The predicted octanol–water partition coefficient (Wildman–Crippen LogP) is 4.02. The normalized spacial score (nSPS) is 20.4. The van der Waals surface area contributed by atoms with Gasteiger partial charge in [-0.15, -0.1) is 0 Å². The van der Waals surface area contributed by atoms with Crippen LogP contribution in [0.2, 0.25) is 10.0 Å². The van der Waals surface area contributed by atoms with Crippen molar-refractivity contribution >= 4 is 23.2 Å². The van der Waals surface area contributed by atoms with Crippen molar-refractivity contribution in [1.82, 2.24) is 5.32 Å². The average Bonchev–Trinajstić information content (AvgIpc) is 3.30. The maximum absolute atomic E-state index is 6.28. The highest BCUT2D eigenvalue weighted by Crippen LogP contribution is 2.49. The van der Waals surface area contributed by atoms with Gasteiger partial charge in [0.05, 0.1) is 0 Å². The number of hydrogen-bond donors (Lipinski definition) is 2. The molecule has 1 unspecified atom stereocenters. The molecule has 3 rings (SSSR count). The zero-order chi connectivity index (χ0) is 14.1. The second kappa shape index (κ2) is 6.23. The Bertz CT molecular complexity index is 458. The van der Waals surface area contributed by atoms with E-state index in [0.29, 0.717) is 11.6 Å². The van der Waals surface area contributed by atoms with E-state index in [-0.39, 0.29) is 6.04 Å². The SMILES string of the molecule is NCC(NCC(C1CC1)C1CC1)c1cc(Cl)ccc1Cl. The van der Waals surface area contributed by atoms with Crippen molar-refractivity contribution < 1.29 is 0 Å². The van der Waals surface area contributed by atoms with Gasteiger partial charge in [0.25, 0.3) is 0 Å². The Morgan fingerprint density at radius 2 is 1.80 bits per heavy atom. The van der Waals surface area contributed by atoms with Crippen molar-refractivity contribution in [2.24, 2.45) is 23.5 Å². The fourth-order valence-corrected chi connectivity index (χ4v) is 3.58. The Hall–Kier alpha value is -0.280. The van der Waals surface area contributed by atoms with Crippen LogP contribution < -0.4 is 11.1 Å². The molecule has 2 fully saturated rings. The number of hydrogen-bond acceptors (Lipinski definition) is 2. The Labute approximate surface area is 131 Å². The highest BCUT2D eigenvalue weighted by molar-refractivity contribution is 6.33. The first-order valence-corrected chi connectivity index (χ1v) is 8.33. The summed E-state index contributed by atoms with van der Waals surface area (Å²) in [5.41, 5.74) is 6.95. The highest BCUT2D eigenvalue weighted by atomic mass is 35.5. The van der Waals surface area contributed by atoms with E-state index in [1.165, 1.54) is 25.7 Å². The lowest BCUT2D eigenvalue weighted by Gasteiger charge is -2.23. The maximum Gasteiger partial charge on any atom is 0.0460 e. The van der Waals surface area contributed by atoms with Crippen molar-refractivity contribution in [2.75, 3.05) is 13.1 Å². The molecule has 1 atom stereocenters. The molecule has 2 aliphatic rings. The van der Waals surface area contributed by atoms with E-state index in [4.69, 9.17) is 28.9 Å². The molecule has 0 aliphatic heterocycles. The van der Waals surface area contributed by atoms with E-state index < -0.39 is 0 Å². The van der Waals surface area contributed by atoms with Crippen LogP contribution in [0.15, 0.2) is 18.2 Å². The third kappa shape index (κ3) is 3.48. The first-order chi connectivity index (χ1) is 9.69. The van der Waals surface area contributed by atoms with Crippen LogP contribution in [-0.2, 0) is 0 Å². The monoisotopic (exact) mass is 312 g/mol. The molecule has 110 valence electrons. The molecule has 4 heteroatoms. The van der Waals surface area contributed by atoms with E-state index in [2.05, 4.69) is 5.32 Å². The minimum atomic E-state index is 0.0983. The molecular formula is C16H22Cl2N2. The Morgan fingerprint density at radius 3 is 2.35 bits per heavy atom. The molecule has 0 aromatic heterocycles. The van der Waals surface area contributed by atoms with Gasteiger partial charge in [-0.05, 0) is 73.7 Å². The fraction of sp³-hybridized carbons (Fsp3) is 0.625. The molecule has 1 aromatic carbocycles. The first-order valence-electron chi connectivity index (χ1n) is 7.57. The second-order valence-electron chi connectivity index (χ2n) is 6.20. The van der Waals surface area contributed by atoms with Crippen molar-refractivity contribution in [3.8, 4) is 0 Å². The second-order valence-corrected chi connectivity index (χ2v) is 7.04. The standard InChI is InChI=1S/C16H22Cl2N2/c17-12-5-6-15(18)13(7-12)16(8-19)20-9-14(10-1-2-10)11-3-4-11/h5-7,10-11,14,16,20H,1-4,8-9,19H2. The van der Waals surface area contributed by atoms with Gasteiger partial charge in [-0.3, -0.25) is 0 Å². The van der Waals surface area contributed by atoms with Gasteiger partial charge in [-0.2, -0.15) is 0 Å². The van der Waals surface area contributed by atoms with Gasteiger partial charge in [0.15, 0.2) is 0 Å². The lowest BCUT2D eigenvalue weighted by atomic mass is 9.97. The van der Waals surface area contributed by atoms with E-state index in [9.17, 15) is 0 Å². The third-order valence-corrected chi connectivity index (χ3v) is 5.20. The van der Waals surface area contributed by atoms with Gasteiger partial charge >= 0.3 is 0 Å². The molecular weight excluding hydrogens is 291 g/mol. The summed E-state index contributed by atoms with van der Waals surface area (Å²) in [4.78, 5) is 0. The average molecular weight is 313 g/mol. The van der Waals surface area contributed by atoms with Crippen molar-refractivity contribution in [2.45, 2.75) is 31.7 Å². The summed E-state index contributed by atoms with van der Waals surface area (Å²) in [5.74, 6) is 2.73. The molecule has 0 heterocycles. The van der Waals surface area contributed by atoms with Crippen LogP contribution in [0.4, 0.5) is 0 Å². The summed E-state index contributed by atoms with van der Waals surface area (Å²) in [7, 11) is 0. The summed E-state index contributed by atoms with van der Waals surface area (Å²) in [6, 6.07) is 5.69. The van der Waals surface area contributed by atoms with Crippen molar-refractivity contribution in [1.29, 1.82) is 0 Å². The zero-order valence-electron chi connectivity index (χ0n) is 11.6. The smallest absolute Gasteiger partial charge is 0.0460 e. The topological polar surface area (TPSA) is 38.0 Å². The van der Waals surface area contributed by atoms with Gasteiger partial charge in [0.1, 0.15) is 0 Å². The minimum absolute atomic E-state index is 0.0983. The molecule has 2 saturated carbocycles. The molecule has 3 N–H and O–H groups in total. The van der Waals surface area contributed by atoms with Crippen LogP contribution >= 0.6 is 23.2 Å². The summed E-state index contributed by atoms with van der Waals surface area (Å²) < 4.78 is 0. The van der Waals surface area contributed by atoms with Crippen LogP contribution in [-0.4, -0.2) is 13.1 Å². The number of nitrogens with two attached hydrogens (primary N) is 1. The molecule has 2 nitrogen and oxygen atoms in total. The number of rotatable bonds is 7. The molecule has 0 amide bonds. The molecule has 0 saturated heterocycles. The molecule has 0 bridgehead atoms. The molecule has 1 aromatic rings. The number of halogens is 2. The zero-order valence-corrected chi connectivity index (χ0v) is 13.1. The fourth-order valence-electron chi connectivity index (χ4n) is 3.15. The minimum Gasteiger partial charge on any atom is -0.329 e. The summed E-state index contributed by atoms with van der Waals surface area (Å²) in [5, 5.41) is 5.08. The Balaban J connectivity index is 1.65. The summed E-state index contributed by atoms with van der Waals surface area (Å²) in [6.07, 6.45) is 5.64. The van der Waals surface area contributed by atoms with E-state index >= 15 is 0 Å². The largest absolute Gasteiger partial charge is 0.329 e. The van der Waals surface area contributed by atoms with Gasteiger partial charge in [-0.1, -0.05) is 23.2 Å². The first kappa shape index (κ1) is 14.6. The highest BCUT2D eigenvalue weighted by Gasteiger charge is 2.41. The van der Waals surface area contributed by atoms with Crippen LogP contribution in [0, 0.1) is 17.8 Å². The van der Waals surface area contributed by atoms with E-state index in [1.807, 2.05) is 18.2 Å². The van der Waals surface area contributed by atoms with Gasteiger partial charge in [0, 0.05) is 22.6 Å². The quantitative estimate of drug-likeness (QED) is 0.798. The maximum atomic E-state index is 6.28. The lowest BCUT2D eigenvalue weighted by Crippen LogP contribution is -2.33. The van der Waals surface area contributed by atoms with Crippen LogP contribution in [0.3, 0.4) is 0 Å². The molecule has 2 aliphatic carbocycles. The van der Waals surface area contributed by atoms with Gasteiger partial charge < -0.3 is 11.1 Å². The van der Waals surface area contributed by atoms with Crippen LogP contribution in [0.25, 0.3) is 0 Å². The van der Waals surface area contributed by atoms with Gasteiger partial charge in [-0.25, -0.2) is 0 Å². The molecule has 0 radical (unpaired) electrons. The summed E-state index contributed by atoms with van der Waals surface area (Å²) >= 11 is 12.4. The predicted molar refractivity (Wildman–Crippen MR) is 85.2 cm³/mol. The summed E-state index contributed by atoms with van der Waals surface area (Å²) in [6.45, 7) is 1.60. The Morgan fingerprint density at radius 1 is 1.15 bits per heavy atom. The van der Waals surface area contributed by atoms with Crippen molar-refractivity contribution in [3.05, 3.63) is 33.8 Å². The van der Waals surface area contributed by atoms with Crippen LogP contribution in [0.5, 0.6) is 0 Å². The van der Waals surface area contributed by atoms with E-state index in [1.54, 1.807) is 0 Å². The molecule has 20 heavy (non-hydrogen) atoms. The number of benzene rings is 1. The third-order valence-electron chi connectivity index (χ3n) is 4.62. The lowest BCUT2D eigenvalue weighted by molar-refractivity contribution is 0.357. The molecule has 0 spiro atoms.